The first-order valence-corrected chi connectivity index (χ1v) is 9.04. The first-order valence-electron chi connectivity index (χ1n) is 7.17. The highest BCUT2D eigenvalue weighted by Crippen LogP contribution is 2.27. The van der Waals surface area contributed by atoms with E-state index in [2.05, 4.69) is 36.7 Å². The summed E-state index contributed by atoms with van der Waals surface area (Å²) in [4.78, 5) is 12.1. The molecule has 1 aromatic heterocycles. The molecule has 0 radical (unpaired) electrons. The van der Waals surface area contributed by atoms with E-state index in [1.165, 1.54) is 6.21 Å². The molecule has 2 aromatic carbocycles. The molecule has 0 aliphatic rings. The fraction of sp³-hybridized carbons (Fsp3) is 0. The number of benzene rings is 2. The van der Waals surface area contributed by atoms with Gasteiger partial charge < -0.3 is 5.11 Å². The summed E-state index contributed by atoms with van der Waals surface area (Å²) in [7, 11) is 0. The number of aromatic nitrogens is 2. The fourth-order valence-electron chi connectivity index (χ4n) is 2.10. The number of carbonyl (C=O) groups is 1. The molecule has 0 saturated heterocycles. The van der Waals surface area contributed by atoms with Crippen LogP contribution < -0.4 is 5.43 Å². The van der Waals surface area contributed by atoms with Crippen molar-refractivity contribution >= 4 is 50.6 Å². The lowest BCUT2D eigenvalue weighted by atomic mass is 10.1. The summed E-state index contributed by atoms with van der Waals surface area (Å²) in [5.41, 5.74) is 4.79. The smallest absolute Gasteiger partial charge is 0.289 e. The fourth-order valence-corrected chi connectivity index (χ4v) is 3.65. The number of aromatic hydroxyl groups is 1. The molecular formula is C17H12BrIN4O2. The molecule has 3 rings (SSSR count). The summed E-state index contributed by atoms with van der Waals surface area (Å²) in [5, 5.41) is 20.7. The summed E-state index contributed by atoms with van der Waals surface area (Å²) in [6.45, 7) is 0. The quantitative estimate of drug-likeness (QED) is 0.282. The first kappa shape index (κ1) is 17.6. The van der Waals surface area contributed by atoms with Crippen LogP contribution in [0.15, 0.2) is 58.1 Å². The van der Waals surface area contributed by atoms with E-state index in [0.717, 1.165) is 10.0 Å². The van der Waals surface area contributed by atoms with E-state index in [-0.39, 0.29) is 5.75 Å². The minimum atomic E-state index is -0.421. The number of hydrogen-bond donors (Lipinski definition) is 3. The molecule has 0 bridgehead atoms. The number of hydrogen-bond acceptors (Lipinski definition) is 4. The molecule has 1 amide bonds. The van der Waals surface area contributed by atoms with Crippen molar-refractivity contribution in [2.45, 2.75) is 0 Å². The highest BCUT2D eigenvalue weighted by atomic mass is 127. The molecule has 0 spiro atoms. The van der Waals surface area contributed by atoms with Crippen LogP contribution in [0.3, 0.4) is 0 Å². The summed E-state index contributed by atoms with van der Waals surface area (Å²) in [6, 6.07) is 14.7. The standard InChI is InChI=1S/C17H12BrIN4O2/c18-12-6-11(16(24)13(19)7-12)9-20-23-17(25)15-8-14(21-22-15)10-4-2-1-3-5-10/h1-9,24H,(H,21,22)(H,23,25)/b20-9+. The number of aromatic amines is 1. The summed E-state index contributed by atoms with van der Waals surface area (Å²) in [6.07, 6.45) is 1.38. The molecule has 0 aliphatic carbocycles. The number of hydrazone groups is 1. The lowest BCUT2D eigenvalue weighted by Gasteiger charge is -2.02. The molecule has 0 atom stereocenters. The number of nitrogens with one attached hydrogen (secondary N) is 2. The lowest BCUT2D eigenvalue weighted by Crippen LogP contribution is -2.18. The third-order valence-electron chi connectivity index (χ3n) is 3.32. The topological polar surface area (TPSA) is 90.4 Å². The number of amides is 1. The van der Waals surface area contributed by atoms with Crippen molar-refractivity contribution in [3.05, 3.63) is 67.8 Å². The van der Waals surface area contributed by atoms with Crippen LogP contribution in [-0.2, 0) is 0 Å². The Kier molecular flexibility index (Phi) is 5.49. The monoisotopic (exact) mass is 510 g/mol. The molecule has 3 aromatic rings. The van der Waals surface area contributed by atoms with Crippen LogP contribution in [0.1, 0.15) is 16.1 Å². The molecular weight excluding hydrogens is 499 g/mol. The number of rotatable bonds is 4. The van der Waals surface area contributed by atoms with Crippen molar-refractivity contribution in [2.24, 2.45) is 5.10 Å². The van der Waals surface area contributed by atoms with Crippen molar-refractivity contribution < 1.29 is 9.90 Å². The Morgan fingerprint density at radius 1 is 1.28 bits per heavy atom. The predicted molar refractivity (Wildman–Crippen MR) is 108 cm³/mol. The number of phenolic OH excluding ortho intramolecular Hbond substituents is 1. The highest BCUT2D eigenvalue weighted by Gasteiger charge is 2.10. The van der Waals surface area contributed by atoms with E-state index < -0.39 is 5.91 Å². The molecule has 25 heavy (non-hydrogen) atoms. The normalized spacial score (nSPS) is 11.0. The van der Waals surface area contributed by atoms with Crippen LogP contribution in [0.2, 0.25) is 0 Å². The van der Waals surface area contributed by atoms with Gasteiger partial charge in [0.25, 0.3) is 5.91 Å². The van der Waals surface area contributed by atoms with E-state index in [0.29, 0.717) is 20.5 Å². The van der Waals surface area contributed by atoms with Gasteiger partial charge in [0.15, 0.2) is 0 Å². The number of nitrogens with zero attached hydrogens (tertiary/aromatic N) is 2. The Hall–Kier alpha value is -2.20. The van der Waals surface area contributed by atoms with Crippen LogP contribution in [0, 0.1) is 3.57 Å². The van der Waals surface area contributed by atoms with Crippen LogP contribution in [0.4, 0.5) is 0 Å². The molecule has 0 fully saturated rings. The van der Waals surface area contributed by atoms with Gasteiger partial charge in [-0.05, 0) is 40.8 Å². The predicted octanol–water partition coefficient (Wildman–Crippen LogP) is 3.91. The van der Waals surface area contributed by atoms with Gasteiger partial charge in [-0.1, -0.05) is 46.3 Å². The zero-order chi connectivity index (χ0) is 17.8. The molecule has 6 nitrogen and oxygen atoms in total. The average molecular weight is 511 g/mol. The van der Waals surface area contributed by atoms with Gasteiger partial charge in [0.2, 0.25) is 0 Å². The van der Waals surface area contributed by atoms with E-state index in [4.69, 9.17) is 0 Å². The molecule has 8 heteroatoms. The molecule has 126 valence electrons. The number of phenols is 1. The van der Waals surface area contributed by atoms with Crippen molar-refractivity contribution in [3.63, 3.8) is 0 Å². The highest BCUT2D eigenvalue weighted by molar-refractivity contribution is 14.1. The maximum Gasteiger partial charge on any atom is 0.289 e. The average Bonchev–Trinajstić information content (AvgIpc) is 3.10. The Labute approximate surface area is 165 Å². The minimum Gasteiger partial charge on any atom is -0.506 e. The summed E-state index contributed by atoms with van der Waals surface area (Å²) in [5.74, 6) is -0.315. The number of carbonyl (C=O) groups excluding carboxylic acids is 1. The Morgan fingerprint density at radius 3 is 2.80 bits per heavy atom. The lowest BCUT2D eigenvalue weighted by molar-refractivity contribution is 0.0950. The molecule has 1 heterocycles. The van der Waals surface area contributed by atoms with Crippen molar-refractivity contribution in [1.29, 1.82) is 0 Å². The van der Waals surface area contributed by atoms with Crippen LogP contribution in [-0.4, -0.2) is 27.4 Å². The SMILES string of the molecule is O=C(N/N=C/c1cc(Br)cc(I)c1O)c1cc(-c2ccccc2)n[nH]1. The van der Waals surface area contributed by atoms with Gasteiger partial charge >= 0.3 is 0 Å². The molecule has 0 unspecified atom stereocenters. The maximum absolute atomic E-state index is 12.1. The molecule has 3 N–H and O–H groups in total. The van der Waals surface area contributed by atoms with Gasteiger partial charge in [-0.2, -0.15) is 10.2 Å². The van der Waals surface area contributed by atoms with Crippen molar-refractivity contribution in [3.8, 4) is 17.0 Å². The van der Waals surface area contributed by atoms with Gasteiger partial charge in [-0.25, -0.2) is 5.43 Å². The van der Waals surface area contributed by atoms with E-state index in [1.54, 1.807) is 18.2 Å². The largest absolute Gasteiger partial charge is 0.506 e. The maximum atomic E-state index is 12.1. The zero-order valence-electron chi connectivity index (χ0n) is 12.7. The minimum absolute atomic E-state index is 0.106. The summed E-state index contributed by atoms with van der Waals surface area (Å²) < 4.78 is 1.49. The van der Waals surface area contributed by atoms with Gasteiger partial charge in [0.05, 0.1) is 15.5 Å². The van der Waals surface area contributed by atoms with Gasteiger partial charge in [-0.15, -0.1) is 0 Å². The van der Waals surface area contributed by atoms with E-state index in [1.807, 2.05) is 52.9 Å². The van der Waals surface area contributed by atoms with Gasteiger partial charge in [0, 0.05) is 15.6 Å². The van der Waals surface area contributed by atoms with Crippen LogP contribution in [0.25, 0.3) is 11.3 Å². The first-order chi connectivity index (χ1) is 12.0. The van der Waals surface area contributed by atoms with Crippen molar-refractivity contribution in [1.82, 2.24) is 15.6 Å². The van der Waals surface area contributed by atoms with E-state index >= 15 is 0 Å². The van der Waals surface area contributed by atoms with Crippen molar-refractivity contribution in [2.75, 3.05) is 0 Å². The van der Waals surface area contributed by atoms with Crippen LogP contribution >= 0.6 is 38.5 Å². The second-order valence-corrected chi connectivity index (χ2v) is 7.14. The van der Waals surface area contributed by atoms with Gasteiger partial charge in [-0.3, -0.25) is 9.89 Å². The number of halogens is 2. The summed E-state index contributed by atoms with van der Waals surface area (Å²) >= 11 is 5.37. The Morgan fingerprint density at radius 2 is 2.04 bits per heavy atom. The second kappa shape index (κ2) is 7.79. The molecule has 0 saturated carbocycles. The third-order valence-corrected chi connectivity index (χ3v) is 4.60. The Bertz CT molecular complexity index is 941. The molecule has 0 aliphatic heterocycles. The number of H-pyrrole nitrogens is 1. The van der Waals surface area contributed by atoms with E-state index in [9.17, 15) is 9.90 Å². The Balaban J connectivity index is 1.70. The van der Waals surface area contributed by atoms with Gasteiger partial charge in [0.1, 0.15) is 11.4 Å². The zero-order valence-corrected chi connectivity index (χ0v) is 16.4. The van der Waals surface area contributed by atoms with Crippen LogP contribution in [0.5, 0.6) is 5.75 Å². The third kappa shape index (κ3) is 4.26. The second-order valence-electron chi connectivity index (χ2n) is 5.06.